The molecule has 0 saturated heterocycles. The number of carbonyl (C=O) groups is 1. The summed E-state index contributed by atoms with van der Waals surface area (Å²) in [5.41, 5.74) is 1.72. The van der Waals surface area contributed by atoms with E-state index in [4.69, 9.17) is 9.47 Å². The van der Waals surface area contributed by atoms with Crippen LogP contribution >= 0.6 is 0 Å². The zero-order chi connectivity index (χ0) is 12.3. The number of aliphatic imine (C=N–C) groups is 1. The number of methoxy groups -OCH3 is 2. The van der Waals surface area contributed by atoms with Crippen LogP contribution in [0.15, 0.2) is 23.2 Å². The standard InChI is InChI=1S/C13H15NO3/c1-16-11-5-9(6-12(8-11)17-2)13-7-10(15)3-4-14-13/h5-6,8H,3-4,7H2,1-2H3. The maximum absolute atomic E-state index is 11.4. The van der Waals surface area contributed by atoms with Crippen molar-refractivity contribution in [3.05, 3.63) is 23.8 Å². The van der Waals surface area contributed by atoms with E-state index in [0.717, 1.165) is 11.3 Å². The van der Waals surface area contributed by atoms with Crippen molar-refractivity contribution >= 4 is 11.5 Å². The summed E-state index contributed by atoms with van der Waals surface area (Å²) in [6.07, 6.45) is 0.945. The summed E-state index contributed by atoms with van der Waals surface area (Å²) in [6.45, 7) is 0.577. The Morgan fingerprint density at radius 1 is 1.12 bits per heavy atom. The zero-order valence-corrected chi connectivity index (χ0v) is 10.0. The molecule has 0 atom stereocenters. The number of hydrogen-bond donors (Lipinski definition) is 0. The van der Waals surface area contributed by atoms with Crippen LogP contribution < -0.4 is 9.47 Å². The molecule has 1 aliphatic rings. The van der Waals surface area contributed by atoms with Crippen molar-refractivity contribution < 1.29 is 14.3 Å². The fourth-order valence-corrected chi connectivity index (χ4v) is 1.81. The van der Waals surface area contributed by atoms with Crippen LogP contribution in [-0.2, 0) is 4.79 Å². The number of benzene rings is 1. The van der Waals surface area contributed by atoms with E-state index in [9.17, 15) is 4.79 Å². The van der Waals surface area contributed by atoms with Crippen LogP contribution in [0.25, 0.3) is 0 Å². The summed E-state index contributed by atoms with van der Waals surface area (Å²) in [6, 6.07) is 5.55. The van der Waals surface area contributed by atoms with Crippen LogP contribution in [0.3, 0.4) is 0 Å². The van der Waals surface area contributed by atoms with Crippen LogP contribution in [0.4, 0.5) is 0 Å². The first kappa shape index (κ1) is 11.6. The second kappa shape index (κ2) is 4.99. The molecule has 0 N–H and O–H groups in total. The number of ether oxygens (including phenoxy) is 2. The minimum Gasteiger partial charge on any atom is -0.497 e. The number of ketones is 1. The van der Waals surface area contributed by atoms with Crippen molar-refractivity contribution in [1.82, 2.24) is 0 Å². The lowest BCUT2D eigenvalue weighted by molar-refractivity contribution is -0.117. The molecule has 90 valence electrons. The van der Waals surface area contributed by atoms with Gasteiger partial charge in [0.2, 0.25) is 0 Å². The lowest BCUT2D eigenvalue weighted by Gasteiger charge is -2.13. The van der Waals surface area contributed by atoms with Gasteiger partial charge in [-0.25, -0.2) is 0 Å². The molecule has 0 saturated carbocycles. The Balaban J connectivity index is 2.37. The van der Waals surface area contributed by atoms with Crippen molar-refractivity contribution in [1.29, 1.82) is 0 Å². The van der Waals surface area contributed by atoms with Gasteiger partial charge in [-0.2, -0.15) is 0 Å². The third-order valence-corrected chi connectivity index (χ3v) is 2.74. The predicted octanol–water partition coefficient (Wildman–Crippen LogP) is 1.86. The Hall–Kier alpha value is -1.84. The molecule has 0 fully saturated rings. The zero-order valence-electron chi connectivity index (χ0n) is 10.0. The monoisotopic (exact) mass is 233 g/mol. The first-order valence-corrected chi connectivity index (χ1v) is 5.51. The van der Waals surface area contributed by atoms with E-state index in [1.807, 2.05) is 12.1 Å². The van der Waals surface area contributed by atoms with E-state index in [1.165, 1.54) is 0 Å². The van der Waals surface area contributed by atoms with Crippen molar-refractivity contribution in [3.63, 3.8) is 0 Å². The second-order valence-electron chi connectivity index (χ2n) is 3.90. The average Bonchev–Trinajstić information content (AvgIpc) is 2.38. The summed E-state index contributed by atoms with van der Waals surface area (Å²) in [5.74, 6) is 1.65. The van der Waals surface area contributed by atoms with Gasteiger partial charge >= 0.3 is 0 Å². The van der Waals surface area contributed by atoms with Gasteiger partial charge in [0.1, 0.15) is 17.3 Å². The predicted molar refractivity (Wildman–Crippen MR) is 65.2 cm³/mol. The first-order valence-electron chi connectivity index (χ1n) is 5.51. The Morgan fingerprint density at radius 3 is 2.29 bits per heavy atom. The number of Topliss-reactive ketones (excluding diaryl/α,β-unsaturated/α-hetero) is 1. The van der Waals surface area contributed by atoms with E-state index in [2.05, 4.69) is 4.99 Å². The maximum Gasteiger partial charge on any atom is 0.140 e. The van der Waals surface area contributed by atoms with Crippen molar-refractivity contribution in [2.75, 3.05) is 20.8 Å². The largest absolute Gasteiger partial charge is 0.497 e. The first-order chi connectivity index (χ1) is 8.22. The van der Waals surface area contributed by atoms with Gasteiger partial charge < -0.3 is 9.47 Å². The minimum absolute atomic E-state index is 0.233. The molecule has 0 aromatic heterocycles. The topological polar surface area (TPSA) is 47.9 Å². The molecule has 0 aliphatic carbocycles. The fraction of sp³-hybridized carbons (Fsp3) is 0.385. The molecule has 4 nitrogen and oxygen atoms in total. The summed E-state index contributed by atoms with van der Waals surface area (Å²) in [4.78, 5) is 15.8. The van der Waals surface area contributed by atoms with Crippen LogP contribution in [0.2, 0.25) is 0 Å². The number of nitrogens with zero attached hydrogens (tertiary/aromatic N) is 1. The van der Waals surface area contributed by atoms with Gasteiger partial charge in [-0.15, -0.1) is 0 Å². The summed E-state index contributed by atoms with van der Waals surface area (Å²) < 4.78 is 10.4. The van der Waals surface area contributed by atoms with Gasteiger partial charge in [-0.1, -0.05) is 0 Å². The highest BCUT2D eigenvalue weighted by atomic mass is 16.5. The van der Waals surface area contributed by atoms with Crippen molar-refractivity contribution in [3.8, 4) is 11.5 Å². The number of rotatable bonds is 3. The molecular weight excluding hydrogens is 218 g/mol. The molecule has 2 rings (SSSR count). The second-order valence-corrected chi connectivity index (χ2v) is 3.90. The Morgan fingerprint density at radius 2 is 1.76 bits per heavy atom. The Labute approximate surface area is 100 Å². The quantitative estimate of drug-likeness (QED) is 0.800. The van der Waals surface area contributed by atoms with Gasteiger partial charge in [0, 0.05) is 36.7 Å². The van der Waals surface area contributed by atoms with Gasteiger partial charge in [0.25, 0.3) is 0 Å². The van der Waals surface area contributed by atoms with Crippen LogP contribution in [-0.4, -0.2) is 32.3 Å². The third kappa shape index (κ3) is 2.64. The highest BCUT2D eigenvalue weighted by molar-refractivity contribution is 6.12. The molecule has 1 aliphatic heterocycles. The summed E-state index contributed by atoms with van der Waals surface area (Å²) in [5, 5.41) is 0. The van der Waals surface area contributed by atoms with E-state index < -0.39 is 0 Å². The third-order valence-electron chi connectivity index (χ3n) is 2.74. The molecule has 0 spiro atoms. The normalized spacial score (nSPS) is 15.4. The molecule has 4 heteroatoms. The minimum atomic E-state index is 0.233. The highest BCUT2D eigenvalue weighted by Crippen LogP contribution is 2.24. The summed E-state index contributed by atoms with van der Waals surface area (Å²) in [7, 11) is 3.21. The molecule has 0 amide bonds. The molecular formula is C13H15NO3. The van der Waals surface area contributed by atoms with E-state index in [0.29, 0.717) is 30.9 Å². The highest BCUT2D eigenvalue weighted by Gasteiger charge is 2.15. The molecule has 1 aromatic carbocycles. The fourth-order valence-electron chi connectivity index (χ4n) is 1.81. The SMILES string of the molecule is COc1cc(OC)cc(C2=NCCC(=O)C2)c1. The molecule has 17 heavy (non-hydrogen) atoms. The molecule has 0 bridgehead atoms. The van der Waals surface area contributed by atoms with Crippen LogP contribution in [0, 0.1) is 0 Å². The molecule has 1 aromatic rings. The molecule has 0 radical (unpaired) electrons. The van der Waals surface area contributed by atoms with Crippen LogP contribution in [0.1, 0.15) is 18.4 Å². The van der Waals surface area contributed by atoms with Gasteiger partial charge in [-0.05, 0) is 12.1 Å². The lowest BCUT2D eigenvalue weighted by atomic mass is 10.0. The van der Waals surface area contributed by atoms with E-state index in [1.54, 1.807) is 20.3 Å². The van der Waals surface area contributed by atoms with Crippen LogP contribution in [0.5, 0.6) is 11.5 Å². The summed E-state index contributed by atoms with van der Waals surface area (Å²) >= 11 is 0. The number of carbonyl (C=O) groups excluding carboxylic acids is 1. The van der Waals surface area contributed by atoms with Crippen molar-refractivity contribution in [2.45, 2.75) is 12.8 Å². The Bertz CT molecular complexity index is 443. The van der Waals surface area contributed by atoms with E-state index >= 15 is 0 Å². The van der Waals surface area contributed by atoms with Gasteiger partial charge in [0.05, 0.1) is 14.2 Å². The Kier molecular flexibility index (Phi) is 3.42. The van der Waals surface area contributed by atoms with Gasteiger partial charge in [0.15, 0.2) is 0 Å². The molecule has 1 heterocycles. The smallest absolute Gasteiger partial charge is 0.140 e. The maximum atomic E-state index is 11.4. The number of hydrogen-bond acceptors (Lipinski definition) is 4. The van der Waals surface area contributed by atoms with E-state index in [-0.39, 0.29) is 5.78 Å². The average molecular weight is 233 g/mol. The van der Waals surface area contributed by atoms with Crippen molar-refractivity contribution in [2.24, 2.45) is 4.99 Å². The molecule has 0 unspecified atom stereocenters. The van der Waals surface area contributed by atoms with Gasteiger partial charge in [-0.3, -0.25) is 9.79 Å². The lowest BCUT2D eigenvalue weighted by Crippen LogP contribution is -2.16.